The van der Waals surface area contributed by atoms with Gasteiger partial charge in [-0.1, -0.05) is 23.2 Å². The van der Waals surface area contributed by atoms with E-state index < -0.39 is 0 Å². The lowest BCUT2D eigenvalue weighted by Gasteiger charge is -2.04. The molecule has 4 nitrogen and oxygen atoms in total. The van der Waals surface area contributed by atoms with Crippen LogP contribution in [0.4, 0.5) is 0 Å². The number of hydrogen-bond donors (Lipinski definition) is 2. The van der Waals surface area contributed by atoms with E-state index in [1.54, 1.807) is 22.9 Å². The van der Waals surface area contributed by atoms with Crippen LogP contribution in [0.2, 0.25) is 10.0 Å². The van der Waals surface area contributed by atoms with Crippen LogP contribution >= 0.6 is 23.2 Å². The average molecular weight is 258 g/mol. The molecule has 0 fully saturated rings. The van der Waals surface area contributed by atoms with Crippen molar-refractivity contribution in [3.05, 3.63) is 34.4 Å². The molecule has 0 saturated carbocycles. The van der Waals surface area contributed by atoms with E-state index in [0.717, 1.165) is 10.9 Å². The lowest BCUT2D eigenvalue weighted by Crippen LogP contribution is -2.33. The number of nitrogens with one attached hydrogen (secondary N) is 1. The Hall–Kier alpha value is -1.23. The molecule has 2 aromatic rings. The second-order valence-electron chi connectivity index (χ2n) is 3.33. The Morgan fingerprint density at radius 3 is 2.88 bits per heavy atom. The van der Waals surface area contributed by atoms with Gasteiger partial charge in [0.15, 0.2) is 0 Å². The standard InChI is InChI=1S/C10H9Cl2N3O/c11-6-3-8(12)7-1-2-15(9(7)4-6)5-10(16)14-13/h1-4H,5,13H2,(H,14,16). The number of fused-ring (bicyclic) bond motifs is 1. The molecule has 0 aliphatic carbocycles. The smallest absolute Gasteiger partial charge is 0.253 e. The molecule has 0 unspecified atom stereocenters. The number of hydrogen-bond acceptors (Lipinski definition) is 2. The molecule has 84 valence electrons. The maximum absolute atomic E-state index is 11.2. The summed E-state index contributed by atoms with van der Waals surface area (Å²) in [6, 6.07) is 5.25. The molecule has 2 rings (SSSR count). The Morgan fingerprint density at radius 2 is 2.19 bits per heavy atom. The highest BCUT2D eigenvalue weighted by Crippen LogP contribution is 2.28. The van der Waals surface area contributed by atoms with Crippen LogP contribution in [0.15, 0.2) is 24.4 Å². The van der Waals surface area contributed by atoms with Gasteiger partial charge in [-0.3, -0.25) is 10.2 Å². The molecule has 1 heterocycles. The van der Waals surface area contributed by atoms with Crippen molar-refractivity contribution in [1.29, 1.82) is 0 Å². The summed E-state index contributed by atoms with van der Waals surface area (Å²) in [7, 11) is 0. The molecule has 0 spiro atoms. The van der Waals surface area contributed by atoms with Crippen molar-refractivity contribution >= 4 is 40.0 Å². The Morgan fingerprint density at radius 1 is 1.44 bits per heavy atom. The molecule has 0 atom stereocenters. The van der Waals surface area contributed by atoms with Crippen LogP contribution in [0.25, 0.3) is 10.9 Å². The lowest BCUT2D eigenvalue weighted by molar-refractivity contribution is -0.121. The van der Waals surface area contributed by atoms with Crippen LogP contribution in [0, 0.1) is 0 Å². The third-order valence-electron chi connectivity index (χ3n) is 2.28. The molecular formula is C10H9Cl2N3O. The highest BCUT2D eigenvalue weighted by Gasteiger charge is 2.08. The second kappa shape index (κ2) is 4.33. The first-order valence-electron chi connectivity index (χ1n) is 4.55. The van der Waals surface area contributed by atoms with Gasteiger partial charge < -0.3 is 4.57 Å². The van der Waals surface area contributed by atoms with Gasteiger partial charge in [-0.05, 0) is 18.2 Å². The predicted octanol–water partition coefficient (Wildman–Crippen LogP) is 1.94. The highest BCUT2D eigenvalue weighted by atomic mass is 35.5. The van der Waals surface area contributed by atoms with Crippen LogP contribution in [0.5, 0.6) is 0 Å². The summed E-state index contributed by atoms with van der Waals surface area (Å²) in [5.74, 6) is 4.74. The van der Waals surface area contributed by atoms with E-state index in [1.807, 2.05) is 6.07 Å². The fraction of sp³-hybridized carbons (Fsp3) is 0.100. The number of aromatic nitrogens is 1. The molecule has 6 heteroatoms. The average Bonchev–Trinajstić information content (AvgIpc) is 2.61. The number of carbonyl (C=O) groups excluding carboxylic acids is 1. The third kappa shape index (κ3) is 2.00. The zero-order valence-electron chi connectivity index (χ0n) is 8.21. The van der Waals surface area contributed by atoms with E-state index in [9.17, 15) is 4.79 Å². The number of nitrogens with zero attached hydrogens (tertiary/aromatic N) is 1. The summed E-state index contributed by atoms with van der Waals surface area (Å²) < 4.78 is 1.73. The number of hydrazine groups is 1. The molecule has 0 aliphatic rings. The zero-order chi connectivity index (χ0) is 11.7. The largest absolute Gasteiger partial charge is 0.338 e. The zero-order valence-corrected chi connectivity index (χ0v) is 9.72. The number of rotatable bonds is 2. The van der Waals surface area contributed by atoms with Crippen LogP contribution in [-0.2, 0) is 11.3 Å². The number of halogens is 2. The summed E-state index contributed by atoms with van der Waals surface area (Å²) in [6.07, 6.45) is 1.77. The van der Waals surface area contributed by atoms with Crippen molar-refractivity contribution in [1.82, 2.24) is 9.99 Å². The summed E-state index contributed by atoms with van der Waals surface area (Å²) in [4.78, 5) is 11.2. The molecule has 1 aromatic carbocycles. The molecular weight excluding hydrogens is 249 g/mol. The van der Waals surface area contributed by atoms with Crippen LogP contribution in [0.1, 0.15) is 0 Å². The summed E-state index contributed by atoms with van der Waals surface area (Å²) in [5.41, 5.74) is 2.88. The van der Waals surface area contributed by atoms with Crippen molar-refractivity contribution in [2.75, 3.05) is 0 Å². The van der Waals surface area contributed by atoms with E-state index in [2.05, 4.69) is 5.43 Å². The van der Waals surface area contributed by atoms with Gasteiger partial charge in [-0.2, -0.15) is 0 Å². The van der Waals surface area contributed by atoms with Gasteiger partial charge in [-0.15, -0.1) is 0 Å². The monoisotopic (exact) mass is 257 g/mol. The lowest BCUT2D eigenvalue weighted by atomic mass is 10.2. The number of nitrogens with two attached hydrogens (primary N) is 1. The van der Waals surface area contributed by atoms with E-state index in [1.165, 1.54) is 0 Å². The second-order valence-corrected chi connectivity index (χ2v) is 4.18. The SMILES string of the molecule is NNC(=O)Cn1ccc2c(Cl)cc(Cl)cc21. The van der Waals surface area contributed by atoms with E-state index in [0.29, 0.717) is 10.0 Å². The molecule has 0 bridgehead atoms. The quantitative estimate of drug-likeness (QED) is 0.491. The first-order chi connectivity index (χ1) is 7.61. The molecule has 1 aromatic heterocycles. The van der Waals surface area contributed by atoms with E-state index in [-0.39, 0.29) is 12.5 Å². The van der Waals surface area contributed by atoms with Gasteiger partial charge in [0.2, 0.25) is 0 Å². The first kappa shape index (κ1) is 11.3. The van der Waals surface area contributed by atoms with Crippen molar-refractivity contribution in [3.8, 4) is 0 Å². The molecule has 3 N–H and O–H groups in total. The Kier molecular flexibility index (Phi) is 3.05. The summed E-state index contributed by atoms with van der Waals surface area (Å²) in [6.45, 7) is 0.136. The Labute approximate surface area is 102 Å². The molecule has 0 saturated heterocycles. The highest BCUT2D eigenvalue weighted by molar-refractivity contribution is 6.38. The van der Waals surface area contributed by atoms with Gasteiger partial charge in [0.25, 0.3) is 5.91 Å². The number of amides is 1. The van der Waals surface area contributed by atoms with Crippen LogP contribution in [0.3, 0.4) is 0 Å². The van der Waals surface area contributed by atoms with Crippen molar-refractivity contribution < 1.29 is 4.79 Å². The maximum atomic E-state index is 11.2. The fourth-order valence-corrected chi connectivity index (χ4v) is 2.10. The normalized spacial score (nSPS) is 10.7. The molecule has 0 aliphatic heterocycles. The van der Waals surface area contributed by atoms with Gasteiger partial charge >= 0.3 is 0 Å². The Balaban J connectivity index is 2.51. The maximum Gasteiger partial charge on any atom is 0.253 e. The van der Waals surface area contributed by atoms with E-state index in [4.69, 9.17) is 29.0 Å². The predicted molar refractivity (Wildman–Crippen MR) is 64.3 cm³/mol. The number of benzene rings is 1. The number of carbonyl (C=O) groups is 1. The van der Waals surface area contributed by atoms with Crippen molar-refractivity contribution in [2.24, 2.45) is 5.84 Å². The molecule has 1 amide bonds. The molecule has 16 heavy (non-hydrogen) atoms. The van der Waals surface area contributed by atoms with Crippen LogP contribution < -0.4 is 11.3 Å². The minimum Gasteiger partial charge on any atom is -0.338 e. The minimum atomic E-state index is -0.284. The summed E-state index contributed by atoms with van der Waals surface area (Å²) in [5, 5.41) is 1.95. The van der Waals surface area contributed by atoms with Crippen molar-refractivity contribution in [3.63, 3.8) is 0 Å². The van der Waals surface area contributed by atoms with E-state index >= 15 is 0 Å². The van der Waals surface area contributed by atoms with Crippen LogP contribution in [-0.4, -0.2) is 10.5 Å². The van der Waals surface area contributed by atoms with Gasteiger partial charge in [-0.25, -0.2) is 5.84 Å². The topological polar surface area (TPSA) is 60.0 Å². The Bertz CT molecular complexity index is 550. The van der Waals surface area contributed by atoms with Crippen molar-refractivity contribution in [2.45, 2.75) is 6.54 Å². The fourth-order valence-electron chi connectivity index (χ4n) is 1.56. The molecule has 0 radical (unpaired) electrons. The van der Waals surface area contributed by atoms with Gasteiger partial charge in [0.05, 0.1) is 10.5 Å². The summed E-state index contributed by atoms with van der Waals surface area (Å²) >= 11 is 11.9. The van der Waals surface area contributed by atoms with Gasteiger partial charge in [0.1, 0.15) is 6.54 Å². The first-order valence-corrected chi connectivity index (χ1v) is 5.30. The van der Waals surface area contributed by atoms with Gasteiger partial charge in [0, 0.05) is 16.6 Å². The third-order valence-corrected chi connectivity index (χ3v) is 2.81. The minimum absolute atomic E-state index is 0.136.